The van der Waals surface area contributed by atoms with Crippen LogP contribution in [-0.4, -0.2) is 32.5 Å². The number of hydrogen-bond acceptors (Lipinski definition) is 6. The minimum absolute atomic E-state index is 0. The number of benzene rings is 2. The molecule has 0 aliphatic rings. The van der Waals surface area contributed by atoms with Crippen molar-refractivity contribution in [3.8, 4) is 17.0 Å². The Morgan fingerprint density at radius 2 is 1.80 bits per heavy atom. The summed E-state index contributed by atoms with van der Waals surface area (Å²) in [5, 5.41) is 16.0. The quantitative estimate of drug-likeness (QED) is 0.310. The van der Waals surface area contributed by atoms with Gasteiger partial charge in [-0.1, -0.05) is 42.1 Å². The van der Waals surface area contributed by atoms with Gasteiger partial charge in [-0.3, -0.25) is 0 Å². The second-order valence-electron chi connectivity index (χ2n) is 6.33. The third kappa shape index (κ3) is 5.47. The first-order valence-electron chi connectivity index (χ1n) is 9.32. The van der Waals surface area contributed by atoms with E-state index in [-0.39, 0.29) is 18.2 Å². The summed E-state index contributed by atoms with van der Waals surface area (Å²) in [7, 11) is 0. The lowest BCUT2D eigenvalue weighted by Gasteiger charge is -2.05. The smallest absolute Gasteiger partial charge is 0.214 e. The van der Waals surface area contributed by atoms with E-state index in [2.05, 4.69) is 20.8 Å². The van der Waals surface area contributed by atoms with E-state index >= 15 is 0 Å². The Labute approximate surface area is 184 Å². The van der Waals surface area contributed by atoms with Crippen molar-refractivity contribution in [3.63, 3.8) is 0 Å². The number of furan rings is 1. The Balaban J connectivity index is 0.00000256. The van der Waals surface area contributed by atoms with Crippen LogP contribution in [0, 0.1) is 5.82 Å². The number of nitrogens with one attached hydrogen (secondary N) is 1. The van der Waals surface area contributed by atoms with E-state index in [1.54, 1.807) is 40.7 Å². The molecule has 0 aliphatic carbocycles. The molecule has 0 fully saturated rings. The lowest BCUT2D eigenvalue weighted by atomic mass is 10.1. The van der Waals surface area contributed by atoms with Crippen LogP contribution < -0.4 is 17.7 Å². The number of halogens is 2. The van der Waals surface area contributed by atoms with Gasteiger partial charge in [0.05, 0.1) is 17.8 Å². The molecular formula is C21H20ClFN5OS-. The van der Waals surface area contributed by atoms with Gasteiger partial charge in [0.25, 0.3) is 0 Å². The fourth-order valence-corrected chi connectivity index (χ4v) is 3.68. The molecule has 30 heavy (non-hydrogen) atoms. The fourth-order valence-electron chi connectivity index (χ4n) is 2.85. The van der Waals surface area contributed by atoms with Gasteiger partial charge in [-0.2, -0.15) is 4.68 Å². The highest BCUT2D eigenvalue weighted by atomic mass is 35.5. The molecule has 0 bridgehead atoms. The SMILES string of the molecule is Fc1ccccc1-c1ccc(CNCCCSc2nnnn2-c2ccccc2)o1.[Cl-]. The number of aromatic nitrogens is 4. The number of nitrogens with zero attached hydrogens (tertiary/aromatic N) is 4. The van der Waals surface area contributed by atoms with E-state index in [9.17, 15) is 4.39 Å². The molecule has 4 aromatic rings. The summed E-state index contributed by atoms with van der Waals surface area (Å²) in [6.07, 6.45) is 0.952. The second kappa shape index (κ2) is 10.9. The molecule has 4 rings (SSSR count). The summed E-state index contributed by atoms with van der Waals surface area (Å²) in [6.45, 7) is 1.43. The molecule has 9 heteroatoms. The average Bonchev–Trinajstić information content (AvgIpc) is 3.41. The Morgan fingerprint density at radius 1 is 1.00 bits per heavy atom. The van der Waals surface area contributed by atoms with E-state index in [0.29, 0.717) is 17.9 Å². The number of tetrazole rings is 1. The largest absolute Gasteiger partial charge is 1.00 e. The maximum atomic E-state index is 13.8. The van der Waals surface area contributed by atoms with Gasteiger partial charge >= 0.3 is 0 Å². The predicted molar refractivity (Wildman–Crippen MR) is 110 cm³/mol. The van der Waals surface area contributed by atoms with Crippen LogP contribution in [0.3, 0.4) is 0 Å². The van der Waals surface area contributed by atoms with Crippen molar-refractivity contribution in [1.82, 2.24) is 25.5 Å². The molecule has 0 radical (unpaired) electrons. The summed E-state index contributed by atoms with van der Waals surface area (Å²) in [6, 6.07) is 20.1. The van der Waals surface area contributed by atoms with Gasteiger partial charge in [0.15, 0.2) is 0 Å². The van der Waals surface area contributed by atoms with Gasteiger partial charge in [0, 0.05) is 5.75 Å². The van der Waals surface area contributed by atoms with Crippen LogP contribution in [0.1, 0.15) is 12.2 Å². The van der Waals surface area contributed by atoms with Crippen LogP contribution >= 0.6 is 11.8 Å². The first-order valence-corrected chi connectivity index (χ1v) is 10.3. The minimum atomic E-state index is -0.281. The van der Waals surface area contributed by atoms with Gasteiger partial charge in [-0.05, 0) is 59.8 Å². The summed E-state index contributed by atoms with van der Waals surface area (Å²) in [4.78, 5) is 0. The second-order valence-corrected chi connectivity index (χ2v) is 7.40. The molecular weight excluding hydrogens is 425 g/mol. The lowest BCUT2D eigenvalue weighted by molar-refractivity contribution is -0.00000709. The third-order valence-electron chi connectivity index (χ3n) is 4.27. The molecule has 0 atom stereocenters. The predicted octanol–water partition coefficient (Wildman–Crippen LogP) is 1.34. The fraction of sp³-hybridized carbons (Fsp3) is 0.190. The standard InChI is InChI=1S/C21H20FN5OS.ClH/c22-19-10-5-4-9-18(19)20-12-11-17(28-20)15-23-13-6-14-29-21-24-25-26-27(21)16-7-2-1-3-8-16;/h1-5,7-12,23H,6,13-15H2;1H/p-1. The van der Waals surface area contributed by atoms with E-state index in [0.717, 1.165) is 35.3 Å². The molecule has 0 unspecified atom stereocenters. The van der Waals surface area contributed by atoms with Crippen molar-refractivity contribution in [2.24, 2.45) is 0 Å². The Kier molecular flexibility index (Phi) is 8.01. The zero-order valence-electron chi connectivity index (χ0n) is 16.0. The zero-order valence-corrected chi connectivity index (χ0v) is 17.6. The van der Waals surface area contributed by atoms with Crippen molar-refractivity contribution >= 4 is 11.8 Å². The highest BCUT2D eigenvalue weighted by Gasteiger charge is 2.10. The zero-order chi connectivity index (χ0) is 19.9. The van der Waals surface area contributed by atoms with Crippen molar-refractivity contribution in [1.29, 1.82) is 0 Å². The number of hydrogen-bond donors (Lipinski definition) is 1. The molecule has 0 spiro atoms. The van der Waals surface area contributed by atoms with Crippen molar-refractivity contribution in [2.45, 2.75) is 18.1 Å². The normalized spacial score (nSPS) is 10.7. The van der Waals surface area contributed by atoms with E-state index in [1.165, 1.54) is 6.07 Å². The van der Waals surface area contributed by atoms with Crippen LogP contribution in [-0.2, 0) is 6.54 Å². The summed E-state index contributed by atoms with van der Waals surface area (Å²) in [5.41, 5.74) is 1.42. The van der Waals surface area contributed by atoms with Gasteiger partial charge in [-0.25, -0.2) is 4.39 Å². The van der Waals surface area contributed by atoms with Crippen LogP contribution in [0.5, 0.6) is 0 Å². The van der Waals surface area contributed by atoms with Gasteiger partial charge in [-0.15, -0.1) is 5.10 Å². The molecule has 6 nitrogen and oxygen atoms in total. The Morgan fingerprint density at radius 3 is 2.63 bits per heavy atom. The van der Waals surface area contributed by atoms with Gasteiger partial charge in [0.1, 0.15) is 17.3 Å². The van der Waals surface area contributed by atoms with Gasteiger partial charge in [0.2, 0.25) is 5.16 Å². The highest BCUT2D eigenvalue weighted by Crippen LogP contribution is 2.24. The third-order valence-corrected chi connectivity index (χ3v) is 5.28. The van der Waals surface area contributed by atoms with Crippen LogP contribution in [0.15, 0.2) is 76.3 Å². The lowest BCUT2D eigenvalue weighted by Crippen LogP contribution is -3.00. The number of rotatable bonds is 9. The average molecular weight is 445 g/mol. The molecule has 2 aromatic carbocycles. The molecule has 2 aromatic heterocycles. The first-order chi connectivity index (χ1) is 14.3. The van der Waals surface area contributed by atoms with E-state index in [1.807, 2.05) is 36.4 Å². The number of thioether (sulfide) groups is 1. The van der Waals surface area contributed by atoms with Crippen LogP contribution in [0.2, 0.25) is 0 Å². The minimum Gasteiger partial charge on any atom is -1.00 e. The van der Waals surface area contributed by atoms with Gasteiger partial charge < -0.3 is 22.1 Å². The molecule has 0 aliphatic heterocycles. The molecule has 0 saturated carbocycles. The molecule has 1 N–H and O–H groups in total. The maximum Gasteiger partial charge on any atom is 0.214 e. The Hall–Kier alpha value is -2.68. The topological polar surface area (TPSA) is 68.8 Å². The van der Waals surface area contributed by atoms with E-state index in [4.69, 9.17) is 4.42 Å². The molecule has 2 heterocycles. The number of para-hydroxylation sites is 1. The van der Waals surface area contributed by atoms with Crippen LogP contribution in [0.25, 0.3) is 17.0 Å². The monoisotopic (exact) mass is 444 g/mol. The van der Waals surface area contributed by atoms with Crippen molar-refractivity contribution in [2.75, 3.05) is 12.3 Å². The first kappa shape index (κ1) is 22.0. The summed E-state index contributed by atoms with van der Waals surface area (Å²) < 4.78 is 21.3. The maximum absolute atomic E-state index is 13.8. The van der Waals surface area contributed by atoms with Crippen LogP contribution in [0.4, 0.5) is 4.39 Å². The summed E-state index contributed by atoms with van der Waals surface area (Å²) in [5.74, 6) is 1.93. The highest BCUT2D eigenvalue weighted by molar-refractivity contribution is 7.99. The molecule has 0 saturated heterocycles. The summed E-state index contributed by atoms with van der Waals surface area (Å²) >= 11 is 1.62. The molecule has 0 amide bonds. The molecule has 156 valence electrons. The Bertz CT molecular complexity index is 1060. The van der Waals surface area contributed by atoms with Crippen molar-refractivity contribution < 1.29 is 21.2 Å². The van der Waals surface area contributed by atoms with E-state index < -0.39 is 0 Å². The van der Waals surface area contributed by atoms with Crippen molar-refractivity contribution in [3.05, 3.63) is 78.3 Å².